The van der Waals surface area contributed by atoms with Crippen LogP contribution in [0.3, 0.4) is 0 Å². The van der Waals surface area contributed by atoms with E-state index in [2.05, 4.69) is 40.4 Å². The van der Waals surface area contributed by atoms with Crippen molar-refractivity contribution in [2.24, 2.45) is 5.41 Å². The molecule has 1 aliphatic heterocycles. The molecule has 0 spiro atoms. The molecule has 1 N–H and O–H groups in total. The van der Waals surface area contributed by atoms with Crippen LogP contribution in [0.4, 0.5) is 0 Å². The Hall–Kier alpha value is -2.28. The van der Waals surface area contributed by atoms with Crippen LogP contribution in [0.1, 0.15) is 18.5 Å². The highest BCUT2D eigenvalue weighted by atomic mass is 16.7. The number of rotatable bonds is 5. The molecule has 0 aliphatic carbocycles. The summed E-state index contributed by atoms with van der Waals surface area (Å²) in [7, 11) is 0. The summed E-state index contributed by atoms with van der Waals surface area (Å²) in [5.74, 6) is 0. The van der Waals surface area contributed by atoms with Crippen LogP contribution in [-0.2, 0) is 15.9 Å². The molecule has 6 nitrogen and oxygen atoms in total. The van der Waals surface area contributed by atoms with Crippen LogP contribution >= 0.6 is 0 Å². The number of nitrogens with zero attached hydrogens (tertiary/aromatic N) is 3. The van der Waals surface area contributed by atoms with Gasteiger partial charge in [0, 0.05) is 5.41 Å². The Morgan fingerprint density at radius 2 is 1.92 bits per heavy atom. The SMILES string of the molecule is CC1(C(O)C(Cc2cccc3ccccc23)n2cncn2)COCOC1. The first-order valence-electron chi connectivity index (χ1n) is 8.82. The van der Waals surface area contributed by atoms with Crippen LogP contribution in [0.25, 0.3) is 10.8 Å². The lowest BCUT2D eigenvalue weighted by Crippen LogP contribution is -2.48. The number of benzene rings is 2. The Kier molecular flexibility index (Phi) is 4.72. The lowest BCUT2D eigenvalue weighted by atomic mass is 9.79. The lowest BCUT2D eigenvalue weighted by molar-refractivity contribution is -0.196. The summed E-state index contributed by atoms with van der Waals surface area (Å²) >= 11 is 0. The fourth-order valence-electron chi connectivity index (χ4n) is 3.72. The number of aliphatic hydroxyl groups excluding tert-OH is 1. The number of aromatic nitrogens is 3. The number of ether oxygens (including phenoxy) is 2. The highest BCUT2D eigenvalue weighted by Crippen LogP contribution is 2.35. The molecule has 136 valence electrons. The van der Waals surface area contributed by atoms with Gasteiger partial charge in [0.15, 0.2) is 0 Å². The van der Waals surface area contributed by atoms with Gasteiger partial charge in [0.2, 0.25) is 0 Å². The van der Waals surface area contributed by atoms with E-state index in [0.29, 0.717) is 19.6 Å². The van der Waals surface area contributed by atoms with Gasteiger partial charge in [-0.25, -0.2) is 9.67 Å². The molecule has 3 aromatic rings. The maximum absolute atomic E-state index is 11.2. The number of aliphatic hydroxyl groups is 1. The minimum Gasteiger partial charge on any atom is -0.390 e. The van der Waals surface area contributed by atoms with Crippen molar-refractivity contribution in [1.82, 2.24) is 14.8 Å². The largest absolute Gasteiger partial charge is 0.390 e. The molecule has 26 heavy (non-hydrogen) atoms. The van der Waals surface area contributed by atoms with Gasteiger partial charge in [0.1, 0.15) is 19.4 Å². The molecule has 2 aromatic carbocycles. The molecule has 1 saturated heterocycles. The van der Waals surface area contributed by atoms with E-state index in [4.69, 9.17) is 9.47 Å². The molecule has 0 saturated carbocycles. The summed E-state index contributed by atoms with van der Waals surface area (Å²) in [4.78, 5) is 4.08. The average molecular weight is 353 g/mol. The second kappa shape index (κ2) is 7.15. The number of hydrogen-bond donors (Lipinski definition) is 1. The molecule has 0 radical (unpaired) electrons. The van der Waals surface area contributed by atoms with Crippen molar-refractivity contribution in [2.45, 2.75) is 25.5 Å². The van der Waals surface area contributed by atoms with E-state index in [1.54, 1.807) is 11.0 Å². The van der Waals surface area contributed by atoms with Gasteiger partial charge in [0.05, 0.1) is 25.4 Å². The third-order valence-corrected chi connectivity index (χ3v) is 5.19. The first-order valence-corrected chi connectivity index (χ1v) is 8.82. The van der Waals surface area contributed by atoms with Crippen molar-refractivity contribution in [3.63, 3.8) is 0 Å². The molecule has 6 heteroatoms. The van der Waals surface area contributed by atoms with Crippen LogP contribution in [0.15, 0.2) is 55.1 Å². The zero-order chi connectivity index (χ0) is 18.0. The van der Waals surface area contributed by atoms with E-state index in [0.717, 1.165) is 0 Å². The van der Waals surface area contributed by atoms with Crippen molar-refractivity contribution in [3.8, 4) is 0 Å². The Labute approximate surface area is 152 Å². The monoisotopic (exact) mass is 353 g/mol. The predicted octanol–water partition coefficient (Wildman–Crippen LogP) is 2.59. The standard InChI is InChI=1S/C20H23N3O3/c1-20(10-25-14-26-11-20)19(24)18(23-13-21-12-22-23)9-16-7-4-6-15-5-2-3-8-17(15)16/h2-8,12-13,18-19,24H,9-11,14H2,1H3. The molecule has 2 atom stereocenters. The van der Waals surface area contributed by atoms with Crippen LogP contribution in [0.2, 0.25) is 0 Å². The smallest absolute Gasteiger partial charge is 0.146 e. The number of hydrogen-bond acceptors (Lipinski definition) is 5. The third-order valence-electron chi connectivity index (χ3n) is 5.19. The van der Waals surface area contributed by atoms with Gasteiger partial charge in [-0.2, -0.15) is 5.10 Å². The summed E-state index contributed by atoms with van der Waals surface area (Å²) in [5.41, 5.74) is 0.670. The molecular weight excluding hydrogens is 330 g/mol. The van der Waals surface area contributed by atoms with E-state index in [1.807, 2.05) is 19.1 Å². The van der Waals surface area contributed by atoms with E-state index < -0.39 is 11.5 Å². The summed E-state index contributed by atoms with van der Waals surface area (Å²) in [6.45, 7) is 3.17. The van der Waals surface area contributed by atoms with Crippen molar-refractivity contribution in [3.05, 3.63) is 60.7 Å². The van der Waals surface area contributed by atoms with Gasteiger partial charge in [0.25, 0.3) is 0 Å². The zero-order valence-corrected chi connectivity index (χ0v) is 14.8. The topological polar surface area (TPSA) is 69.4 Å². The van der Waals surface area contributed by atoms with Crippen molar-refractivity contribution >= 4 is 10.8 Å². The van der Waals surface area contributed by atoms with Crippen molar-refractivity contribution in [1.29, 1.82) is 0 Å². The maximum Gasteiger partial charge on any atom is 0.146 e. The van der Waals surface area contributed by atoms with E-state index in [1.165, 1.54) is 22.7 Å². The fourth-order valence-corrected chi connectivity index (χ4v) is 3.72. The zero-order valence-electron chi connectivity index (χ0n) is 14.8. The molecule has 0 amide bonds. The Morgan fingerprint density at radius 3 is 2.69 bits per heavy atom. The quantitative estimate of drug-likeness (QED) is 0.763. The maximum atomic E-state index is 11.2. The second-order valence-corrected chi connectivity index (χ2v) is 7.20. The minimum atomic E-state index is -0.691. The van der Waals surface area contributed by atoms with Gasteiger partial charge < -0.3 is 14.6 Å². The highest BCUT2D eigenvalue weighted by molar-refractivity contribution is 5.85. The Balaban J connectivity index is 1.70. The van der Waals surface area contributed by atoms with Crippen LogP contribution in [0, 0.1) is 5.41 Å². The van der Waals surface area contributed by atoms with Crippen LogP contribution in [-0.4, -0.2) is 46.0 Å². The number of fused-ring (bicyclic) bond motifs is 1. The molecular formula is C20H23N3O3. The minimum absolute atomic E-state index is 0.265. The normalized spacial score (nSPS) is 19.3. The highest BCUT2D eigenvalue weighted by Gasteiger charge is 2.41. The fraction of sp³-hybridized carbons (Fsp3) is 0.400. The molecule has 2 heterocycles. The van der Waals surface area contributed by atoms with Crippen molar-refractivity contribution < 1.29 is 14.6 Å². The summed E-state index contributed by atoms with van der Waals surface area (Å²) in [5, 5.41) is 17.9. The first kappa shape index (κ1) is 17.1. The van der Waals surface area contributed by atoms with Gasteiger partial charge in [-0.1, -0.05) is 49.4 Å². The van der Waals surface area contributed by atoms with Gasteiger partial charge in [-0.3, -0.25) is 0 Å². The molecule has 2 unspecified atom stereocenters. The average Bonchev–Trinajstić information content (AvgIpc) is 3.21. The molecule has 1 aliphatic rings. The first-order chi connectivity index (χ1) is 12.7. The lowest BCUT2D eigenvalue weighted by Gasteiger charge is -2.40. The van der Waals surface area contributed by atoms with Gasteiger partial charge in [-0.05, 0) is 22.8 Å². The van der Waals surface area contributed by atoms with E-state index in [-0.39, 0.29) is 12.8 Å². The molecule has 1 fully saturated rings. The Bertz CT molecular complexity index is 854. The van der Waals surface area contributed by atoms with E-state index >= 15 is 0 Å². The predicted molar refractivity (Wildman–Crippen MR) is 97.6 cm³/mol. The van der Waals surface area contributed by atoms with Crippen LogP contribution in [0.5, 0.6) is 0 Å². The summed E-state index contributed by atoms with van der Waals surface area (Å²) < 4.78 is 12.7. The Morgan fingerprint density at radius 1 is 1.15 bits per heavy atom. The van der Waals surface area contributed by atoms with Gasteiger partial charge in [-0.15, -0.1) is 0 Å². The molecule has 1 aromatic heterocycles. The summed E-state index contributed by atoms with van der Waals surface area (Å²) in [6.07, 6.45) is 3.11. The third kappa shape index (κ3) is 3.23. The van der Waals surface area contributed by atoms with Gasteiger partial charge >= 0.3 is 0 Å². The van der Waals surface area contributed by atoms with Crippen LogP contribution < -0.4 is 0 Å². The molecule has 0 bridgehead atoms. The van der Waals surface area contributed by atoms with Crippen molar-refractivity contribution in [2.75, 3.05) is 20.0 Å². The summed E-state index contributed by atoms with van der Waals surface area (Å²) in [6, 6.07) is 14.3. The molecule has 4 rings (SSSR count). The van der Waals surface area contributed by atoms with E-state index in [9.17, 15) is 5.11 Å². The second-order valence-electron chi connectivity index (χ2n) is 7.20.